The molecule has 30 heavy (non-hydrogen) atoms. The lowest BCUT2D eigenvalue weighted by Gasteiger charge is -2.09. The summed E-state index contributed by atoms with van der Waals surface area (Å²) in [5.74, 6) is 0.396. The van der Waals surface area contributed by atoms with Gasteiger partial charge in [-0.1, -0.05) is 18.2 Å². The SMILES string of the molecule is CCOC(=O)COc1cccc(NC(=O)CCCc2nc3ccccc3c(=O)[nH]2)c1. The smallest absolute Gasteiger partial charge is 0.344 e. The van der Waals surface area contributed by atoms with Crippen LogP contribution in [0.5, 0.6) is 5.75 Å². The predicted octanol–water partition coefficient (Wildman–Crippen LogP) is 2.83. The van der Waals surface area contributed by atoms with Crippen LogP contribution in [0.2, 0.25) is 0 Å². The molecule has 1 heterocycles. The van der Waals surface area contributed by atoms with Gasteiger partial charge >= 0.3 is 5.97 Å². The first-order chi connectivity index (χ1) is 14.5. The van der Waals surface area contributed by atoms with E-state index in [0.29, 0.717) is 47.6 Å². The lowest BCUT2D eigenvalue weighted by Crippen LogP contribution is -2.15. The Balaban J connectivity index is 1.50. The van der Waals surface area contributed by atoms with Crippen LogP contribution in [0.15, 0.2) is 53.3 Å². The van der Waals surface area contributed by atoms with Crippen LogP contribution >= 0.6 is 0 Å². The van der Waals surface area contributed by atoms with E-state index in [4.69, 9.17) is 9.47 Å². The van der Waals surface area contributed by atoms with Crippen molar-refractivity contribution in [3.05, 3.63) is 64.7 Å². The molecule has 0 saturated heterocycles. The van der Waals surface area contributed by atoms with Crippen molar-refractivity contribution in [2.24, 2.45) is 0 Å². The van der Waals surface area contributed by atoms with Gasteiger partial charge in [-0.3, -0.25) is 9.59 Å². The minimum Gasteiger partial charge on any atom is -0.482 e. The van der Waals surface area contributed by atoms with Gasteiger partial charge in [0.1, 0.15) is 11.6 Å². The quantitative estimate of drug-likeness (QED) is 0.526. The van der Waals surface area contributed by atoms with Crippen molar-refractivity contribution in [2.45, 2.75) is 26.2 Å². The molecule has 0 spiro atoms. The van der Waals surface area contributed by atoms with Gasteiger partial charge in [-0.25, -0.2) is 9.78 Å². The maximum Gasteiger partial charge on any atom is 0.344 e. The molecule has 0 saturated carbocycles. The Labute approximate surface area is 173 Å². The van der Waals surface area contributed by atoms with Gasteiger partial charge in [-0.15, -0.1) is 0 Å². The number of hydrogen-bond acceptors (Lipinski definition) is 6. The lowest BCUT2D eigenvalue weighted by molar-refractivity contribution is -0.145. The van der Waals surface area contributed by atoms with E-state index in [1.807, 2.05) is 6.07 Å². The zero-order valence-electron chi connectivity index (χ0n) is 16.6. The minimum absolute atomic E-state index is 0.166. The molecule has 0 aliphatic heterocycles. The zero-order valence-corrected chi connectivity index (χ0v) is 16.6. The number of carbonyl (C=O) groups excluding carboxylic acids is 2. The van der Waals surface area contributed by atoms with Crippen LogP contribution in [0.25, 0.3) is 10.9 Å². The van der Waals surface area contributed by atoms with Crippen LogP contribution < -0.4 is 15.6 Å². The highest BCUT2D eigenvalue weighted by atomic mass is 16.6. The summed E-state index contributed by atoms with van der Waals surface area (Å²) in [6, 6.07) is 13.9. The largest absolute Gasteiger partial charge is 0.482 e. The Kier molecular flexibility index (Phi) is 7.15. The number of ether oxygens (including phenoxy) is 2. The summed E-state index contributed by atoms with van der Waals surface area (Å²) >= 11 is 0. The molecule has 0 radical (unpaired) electrons. The van der Waals surface area contributed by atoms with Gasteiger partial charge in [0.25, 0.3) is 5.56 Å². The van der Waals surface area contributed by atoms with Crippen molar-refractivity contribution in [1.29, 1.82) is 0 Å². The molecule has 8 heteroatoms. The molecule has 0 atom stereocenters. The number of aromatic amines is 1. The van der Waals surface area contributed by atoms with Gasteiger partial charge in [0, 0.05) is 24.6 Å². The number of carbonyl (C=O) groups is 2. The monoisotopic (exact) mass is 409 g/mol. The Hall–Kier alpha value is -3.68. The number of fused-ring (bicyclic) bond motifs is 1. The number of benzene rings is 2. The van der Waals surface area contributed by atoms with Crippen LogP contribution in [0.3, 0.4) is 0 Å². The van der Waals surface area contributed by atoms with Crippen LogP contribution in [0.4, 0.5) is 5.69 Å². The number of anilines is 1. The van der Waals surface area contributed by atoms with E-state index in [1.165, 1.54) is 0 Å². The van der Waals surface area contributed by atoms with Crippen molar-refractivity contribution in [3.63, 3.8) is 0 Å². The molecule has 2 aromatic carbocycles. The molecule has 3 rings (SSSR count). The molecule has 0 aliphatic rings. The molecule has 0 fully saturated rings. The maximum absolute atomic E-state index is 12.2. The Morgan fingerprint density at radius 3 is 2.80 bits per heavy atom. The van der Waals surface area contributed by atoms with Gasteiger partial charge in [0.2, 0.25) is 5.91 Å². The molecule has 0 bridgehead atoms. The molecular weight excluding hydrogens is 386 g/mol. The summed E-state index contributed by atoms with van der Waals surface area (Å²) in [6.45, 7) is 1.82. The van der Waals surface area contributed by atoms with E-state index < -0.39 is 5.97 Å². The summed E-state index contributed by atoms with van der Waals surface area (Å²) in [7, 11) is 0. The molecule has 1 aromatic heterocycles. The van der Waals surface area contributed by atoms with Crippen molar-refractivity contribution in [2.75, 3.05) is 18.5 Å². The minimum atomic E-state index is -0.452. The summed E-state index contributed by atoms with van der Waals surface area (Å²) in [6.07, 6.45) is 1.28. The fourth-order valence-electron chi connectivity index (χ4n) is 2.90. The number of hydrogen-bond donors (Lipinski definition) is 2. The van der Waals surface area contributed by atoms with Crippen LogP contribution in [-0.2, 0) is 20.7 Å². The van der Waals surface area contributed by atoms with E-state index in [9.17, 15) is 14.4 Å². The van der Waals surface area contributed by atoms with Gasteiger partial charge in [-0.2, -0.15) is 0 Å². The topological polar surface area (TPSA) is 110 Å². The molecule has 8 nitrogen and oxygen atoms in total. The highest BCUT2D eigenvalue weighted by molar-refractivity contribution is 5.90. The summed E-state index contributed by atoms with van der Waals surface area (Å²) in [4.78, 5) is 42.9. The highest BCUT2D eigenvalue weighted by Gasteiger charge is 2.08. The number of amides is 1. The summed E-state index contributed by atoms with van der Waals surface area (Å²) in [5, 5.41) is 3.34. The van der Waals surface area contributed by atoms with E-state index in [0.717, 1.165) is 0 Å². The molecule has 3 aromatic rings. The lowest BCUT2D eigenvalue weighted by atomic mass is 10.2. The first kappa shape index (κ1) is 21.0. The van der Waals surface area contributed by atoms with Crippen LogP contribution in [-0.4, -0.2) is 35.1 Å². The first-order valence-corrected chi connectivity index (χ1v) is 9.71. The number of rotatable bonds is 9. The molecule has 2 N–H and O–H groups in total. The third kappa shape index (κ3) is 5.91. The fraction of sp³-hybridized carbons (Fsp3) is 0.273. The number of aromatic nitrogens is 2. The standard InChI is InChI=1S/C22H23N3O5/c1-2-29-21(27)14-30-16-8-5-7-15(13-16)23-20(26)12-6-11-19-24-18-10-4-3-9-17(18)22(28)25-19/h3-5,7-10,13H,2,6,11-12,14H2,1H3,(H,23,26)(H,24,25,28). The number of nitrogens with zero attached hydrogens (tertiary/aromatic N) is 1. The second-order valence-corrected chi connectivity index (χ2v) is 6.55. The molecule has 156 valence electrons. The zero-order chi connectivity index (χ0) is 21.3. The van der Waals surface area contributed by atoms with E-state index in [2.05, 4.69) is 15.3 Å². The van der Waals surface area contributed by atoms with Crippen LogP contribution in [0, 0.1) is 0 Å². The normalized spacial score (nSPS) is 10.6. The van der Waals surface area contributed by atoms with Gasteiger partial charge in [0.05, 0.1) is 17.5 Å². The third-order valence-electron chi connectivity index (χ3n) is 4.26. The summed E-state index contributed by atoms with van der Waals surface area (Å²) in [5.41, 5.74) is 1.03. The molecular formula is C22H23N3O5. The Morgan fingerprint density at radius 1 is 1.13 bits per heavy atom. The van der Waals surface area contributed by atoms with Crippen LogP contribution in [0.1, 0.15) is 25.6 Å². The van der Waals surface area contributed by atoms with Crippen molar-refractivity contribution in [1.82, 2.24) is 9.97 Å². The predicted molar refractivity (Wildman–Crippen MR) is 113 cm³/mol. The second-order valence-electron chi connectivity index (χ2n) is 6.55. The average Bonchev–Trinajstić information content (AvgIpc) is 2.73. The Morgan fingerprint density at radius 2 is 1.97 bits per heavy atom. The molecule has 0 unspecified atom stereocenters. The number of nitrogens with one attached hydrogen (secondary N) is 2. The second kappa shape index (κ2) is 10.2. The van der Waals surface area contributed by atoms with Gasteiger partial charge in [-0.05, 0) is 37.6 Å². The molecule has 0 aliphatic carbocycles. The van der Waals surface area contributed by atoms with Crippen molar-refractivity contribution in [3.8, 4) is 5.75 Å². The number of para-hydroxylation sites is 1. The Bertz CT molecular complexity index is 1090. The van der Waals surface area contributed by atoms with E-state index in [-0.39, 0.29) is 24.5 Å². The molecule has 1 amide bonds. The first-order valence-electron chi connectivity index (χ1n) is 9.71. The van der Waals surface area contributed by atoms with E-state index in [1.54, 1.807) is 49.4 Å². The highest BCUT2D eigenvalue weighted by Crippen LogP contribution is 2.18. The number of H-pyrrole nitrogens is 1. The van der Waals surface area contributed by atoms with Gasteiger partial charge in [0.15, 0.2) is 6.61 Å². The van der Waals surface area contributed by atoms with Crippen molar-refractivity contribution < 1.29 is 19.1 Å². The number of aryl methyl sites for hydroxylation is 1. The third-order valence-corrected chi connectivity index (χ3v) is 4.26. The summed E-state index contributed by atoms with van der Waals surface area (Å²) < 4.78 is 10.2. The van der Waals surface area contributed by atoms with Gasteiger partial charge < -0.3 is 19.8 Å². The fourth-order valence-corrected chi connectivity index (χ4v) is 2.90. The average molecular weight is 409 g/mol. The maximum atomic E-state index is 12.2. The van der Waals surface area contributed by atoms with E-state index >= 15 is 0 Å². The van der Waals surface area contributed by atoms with Crippen molar-refractivity contribution >= 4 is 28.5 Å². The number of esters is 1.